The molecule has 1 atom stereocenters. The maximum atomic E-state index is 12.3. The van der Waals surface area contributed by atoms with Crippen LogP contribution in [0.15, 0.2) is 73.6 Å². The fourth-order valence-electron chi connectivity index (χ4n) is 2.63. The highest BCUT2D eigenvalue weighted by molar-refractivity contribution is 5.75. The third-order valence-electron chi connectivity index (χ3n) is 3.89. The van der Waals surface area contributed by atoms with Crippen molar-refractivity contribution in [2.45, 2.75) is 19.0 Å². The Balaban J connectivity index is 1.57. The first kappa shape index (κ1) is 16.7. The lowest BCUT2D eigenvalue weighted by Gasteiger charge is -2.20. The molecule has 3 aromatic rings. The summed E-state index contributed by atoms with van der Waals surface area (Å²) in [5.41, 5.74) is 2.03. The Morgan fingerprint density at radius 2 is 1.76 bits per heavy atom. The van der Waals surface area contributed by atoms with Crippen LogP contribution in [0.2, 0.25) is 0 Å². The lowest BCUT2D eigenvalue weighted by Crippen LogP contribution is -2.39. The molecule has 1 aromatic carbocycles. The van der Waals surface area contributed by atoms with Gasteiger partial charge in [-0.1, -0.05) is 30.3 Å². The second kappa shape index (κ2) is 8.63. The van der Waals surface area contributed by atoms with Crippen molar-refractivity contribution in [3.05, 3.63) is 84.7 Å². The lowest BCUT2D eigenvalue weighted by molar-refractivity contribution is 0.238. The standard InChI is InChI=1S/C19H21N5O/c25-19(22-9-4-13-24-14-12-21-15-24)23-18(16-5-2-1-3-6-16)17-7-10-20-11-8-17/h1-3,5-8,10-12,14-15,18H,4,9,13H2,(H2,22,23,25)/t18-/m0/s1. The van der Waals surface area contributed by atoms with Crippen molar-refractivity contribution < 1.29 is 4.79 Å². The number of imidazole rings is 1. The molecule has 6 heteroatoms. The van der Waals surface area contributed by atoms with E-state index in [4.69, 9.17) is 0 Å². The van der Waals surface area contributed by atoms with Crippen molar-refractivity contribution in [2.24, 2.45) is 0 Å². The van der Waals surface area contributed by atoms with Crippen LogP contribution in [0.1, 0.15) is 23.6 Å². The normalized spacial score (nSPS) is 11.7. The zero-order valence-corrected chi connectivity index (χ0v) is 13.9. The Labute approximate surface area is 146 Å². The van der Waals surface area contributed by atoms with Crippen LogP contribution in [0.4, 0.5) is 4.79 Å². The second-order valence-corrected chi connectivity index (χ2v) is 5.68. The van der Waals surface area contributed by atoms with E-state index < -0.39 is 0 Å². The first-order chi connectivity index (χ1) is 12.3. The molecule has 0 fully saturated rings. The fourth-order valence-corrected chi connectivity index (χ4v) is 2.63. The molecule has 2 aromatic heterocycles. The molecule has 2 amide bonds. The van der Waals surface area contributed by atoms with Gasteiger partial charge in [0.15, 0.2) is 0 Å². The van der Waals surface area contributed by atoms with Gasteiger partial charge in [-0.2, -0.15) is 0 Å². The number of benzene rings is 1. The highest BCUT2D eigenvalue weighted by Gasteiger charge is 2.16. The summed E-state index contributed by atoms with van der Waals surface area (Å²) >= 11 is 0. The molecule has 0 spiro atoms. The minimum atomic E-state index is -0.210. The molecule has 0 aliphatic heterocycles. The molecular formula is C19H21N5O. The van der Waals surface area contributed by atoms with E-state index in [1.54, 1.807) is 24.9 Å². The van der Waals surface area contributed by atoms with Crippen molar-refractivity contribution in [1.29, 1.82) is 0 Å². The molecule has 3 rings (SSSR count). The Morgan fingerprint density at radius 1 is 1.00 bits per heavy atom. The Kier molecular flexibility index (Phi) is 5.77. The van der Waals surface area contributed by atoms with Crippen molar-refractivity contribution in [3.8, 4) is 0 Å². The minimum Gasteiger partial charge on any atom is -0.338 e. The van der Waals surface area contributed by atoms with E-state index >= 15 is 0 Å². The van der Waals surface area contributed by atoms with E-state index in [1.165, 1.54) is 0 Å². The number of carbonyl (C=O) groups excluding carboxylic acids is 1. The SMILES string of the molecule is O=C(NCCCn1ccnc1)N[C@@H](c1ccccc1)c1ccncc1. The second-order valence-electron chi connectivity index (χ2n) is 5.68. The zero-order chi connectivity index (χ0) is 17.3. The summed E-state index contributed by atoms with van der Waals surface area (Å²) in [4.78, 5) is 20.4. The van der Waals surface area contributed by atoms with Gasteiger partial charge in [-0.15, -0.1) is 0 Å². The first-order valence-electron chi connectivity index (χ1n) is 8.28. The van der Waals surface area contributed by atoms with Crippen molar-refractivity contribution in [3.63, 3.8) is 0 Å². The number of urea groups is 1. The number of hydrogen-bond donors (Lipinski definition) is 2. The molecular weight excluding hydrogens is 314 g/mol. The topological polar surface area (TPSA) is 71.8 Å². The quantitative estimate of drug-likeness (QED) is 0.652. The number of carbonyl (C=O) groups is 1. The molecule has 0 saturated heterocycles. The number of aryl methyl sites for hydroxylation is 1. The zero-order valence-electron chi connectivity index (χ0n) is 13.9. The molecule has 2 heterocycles. The van der Waals surface area contributed by atoms with E-state index in [0.717, 1.165) is 24.1 Å². The summed E-state index contributed by atoms with van der Waals surface area (Å²) in [7, 11) is 0. The first-order valence-corrected chi connectivity index (χ1v) is 8.28. The predicted octanol–water partition coefficient (Wildman–Crippen LogP) is 2.76. The van der Waals surface area contributed by atoms with Gasteiger partial charge in [0.1, 0.15) is 0 Å². The summed E-state index contributed by atoms with van der Waals surface area (Å²) in [6.45, 7) is 1.43. The predicted molar refractivity (Wildman–Crippen MR) is 95.9 cm³/mol. The van der Waals surface area contributed by atoms with Crippen molar-refractivity contribution in [1.82, 2.24) is 25.2 Å². The van der Waals surface area contributed by atoms with Gasteiger partial charge in [0.25, 0.3) is 0 Å². The largest absolute Gasteiger partial charge is 0.338 e. The Morgan fingerprint density at radius 3 is 2.48 bits per heavy atom. The Hall–Kier alpha value is -3.15. The van der Waals surface area contributed by atoms with E-state index in [2.05, 4.69) is 20.6 Å². The van der Waals surface area contributed by atoms with Gasteiger partial charge in [0, 0.05) is 37.9 Å². The van der Waals surface area contributed by atoms with Gasteiger partial charge in [-0.3, -0.25) is 4.98 Å². The van der Waals surface area contributed by atoms with Crippen LogP contribution < -0.4 is 10.6 Å². The summed E-state index contributed by atoms with van der Waals surface area (Å²) in [5.74, 6) is 0. The molecule has 2 N–H and O–H groups in total. The molecule has 6 nitrogen and oxygen atoms in total. The fraction of sp³-hybridized carbons (Fsp3) is 0.211. The molecule has 0 aliphatic carbocycles. The van der Waals surface area contributed by atoms with Gasteiger partial charge in [-0.05, 0) is 29.7 Å². The molecule has 0 aliphatic rings. The minimum absolute atomic E-state index is 0.184. The van der Waals surface area contributed by atoms with Gasteiger partial charge in [-0.25, -0.2) is 9.78 Å². The molecule has 0 bridgehead atoms. The van der Waals surface area contributed by atoms with Crippen molar-refractivity contribution >= 4 is 6.03 Å². The number of aromatic nitrogens is 3. The number of nitrogens with one attached hydrogen (secondary N) is 2. The van der Waals surface area contributed by atoms with Crippen LogP contribution >= 0.6 is 0 Å². The van der Waals surface area contributed by atoms with Crippen LogP contribution in [0.5, 0.6) is 0 Å². The van der Waals surface area contributed by atoms with E-state index in [0.29, 0.717) is 6.54 Å². The molecule has 0 unspecified atom stereocenters. The number of nitrogens with zero attached hydrogens (tertiary/aromatic N) is 3. The van der Waals surface area contributed by atoms with Crippen LogP contribution in [0, 0.1) is 0 Å². The van der Waals surface area contributed by atoms with Crippen LogP contribution in [-0.4, -0.2) is 27.1 Å². The highest BCUT2D eigenvalue weighted by atomic mass is 16.2. The smallest absolute Gasteiger partial charge is 0.315 e. The van der Waals surface area contributed by atoms with Crippen LogP contribution in [0.25, 0.3) is 0 Å². The maximum Gasteiger partial charge on any atom is 0.315 e. The third kappa shape index (κ3) is 4.91. The summed E-state index contributed by atoms with van der Waals surface area (Å²) in [6, 6.07) is 13.3. The summed E-state index contributed by atoms with van der Waals surface area (Å²) < 4.78 is 1.99. The number of pyridine rings is 1. The third-order valence-corrected chi connectivity index (χ3v) is 3.89. The van der Waals surface area contributed by atoms with E-state index in [1.807, 2.05) is 53.2 Å². The molecule has 128 valence electrons. The molecule has 0 saturated carbocycles. The number of amides is 2. The van der Waals surface area contributed by atoms with Gasteiger partial charge < -0.3 is 15.2 Å². The van der Waals surface area contributed by atoms with E-state index in [9.17, 15) is 4.79 Å². The van der Waals surface area contributed by atoms with Crippen LogP contribution in [0.3, 0.4) is 0 Å². The lowest BCUT2D eigenvalue weighted by atomic mass is 10.00. The van der Waals surface area contributed by atoms with Crippen LogP contribution in [-0.2, 0) is 6.54 Å². The van der Waals surface area contributed by atoms with Gasteiger partial charge >= 0.3 is 6.03 Å². The average molecular weight is 335 g/mol. The van der Waals surface area contributed by atoms with Crippen molar-refractivity contribution in [2.75, 3.05) is 6.54 Å². The Bertz CT molecular complexity index is 720. The highest BCUT2D eigenvalue weighted by Crippen LogP contribution is 2.21. The summed E-state index contributed by atoms with van der Waals surface area (Å²) in [6.07, 6.45) is 9.74. The maximum absolute atomic E-state index is 12.3. The van der Waals surface area contributed by atoms with E-state index in [-0.39, 0.29) is 12.1 Å². The molecule has 25 heavy (non-hydrogen) atoms. The number of rotatable bonds is 7. The average Bonchev–Trinajstić information content (AvgIpc) is 3.18. The molecule has 0 radical (unpaired) electrons. The monoisotopic (exact) mass is 335 g/mol. The summed E-state index contributed by atoms with van der Waals surface area (Å²) in [5, 5.41) is 5.96. The van der Waals surface area contributed by atoms with Gasteiger partial charge in [0.2, 0.25) is 0 Å². The number of hydrogen-bond acceptors (Lipinski definition) is 3. The van der Waals surface area contributed by atoms with Gasteiger partial charge in [0.05, 0.1) is 12.4 Å².